The number of rotatable bonds is 2. The van der Waals surface area contributed by atoms with Crippen LogP contribution in [0.1, 0.15) is 32.8 Å². The second kappa shape index (κ2) is 6.46. The lowest BCUT2D eigenvalue weighted by molar-refractivity contribution is 0.00552. The lowest BCUT2D eigenvalue weighted by Crippen LogP contribution is -2.47. The standard InChI is InChI=1S/C17H24FNO2/c1-17(2,3)21-16(20)19-10-9-14(15(18)12-19)11-13-7-5-4-6-8-13/h4-8,14-15H,9-12H2,1-3H3/t14-,15-/m0/s1. The molecule has 3 nitrogen and oxygen atoms in total. The highest BCUT2D eigenvalue weighted by molar-refractivity contribution is 5.68. The van der Waals surface area contributed by atoms with E-state index in [2.05, 4.69) is 0 Å². The average molecular weight is 293 g/mol. The van der Waals surface area contributed by atoms with Crippen LogP contribution in [0, 0.1) is 5.92 Å². The van der Waals surface area contributed by atoms with Gasteiger partial charge in [-0.05, 0) is 45.1 Å². The van der Waals surface area contributed by atoms with Crippen LogP contribution in [0.5, 0.6) is 0 Å². The number of carbonyl (C=O) groups excluding carboxylic acids is 1. The number of benzene rings is 1. The molecule has 1 saturated heterocycles. The largest absolute Gasteiger partial charge is 0.444 e. The third-order valence-corrected chi connectivity index (χ3v) is 3.67. The van der Waals surface area contributed by atoms with Crippen LogP contribution >= 0.6 is 0 Å². The lowest BCUT2D eigenvalue weighted by Gasteiger charge is -2.35. The molecule has 21 heavy (non-hydrogen) atoms. The van der Waals surface area contributed by atoms with Gasteiger partial charge in [-0.2, -0.15) is 0 Å². The van der Waals surface area contributed by atoms with Crippen LogP contribution in [0.4, 0.5) is 9.18 Å². The molecule has 1 aliphatic heterocycles. The summed E-state index contributed by atoms with van der Waals surface area (Å²) in [6, 6.07) is 9.94. The highest BCUT2D eigenvalue weighted by Crippen LogP contribution is 2.25. The molecule has 0 unspecified atom stereocenters. The Balaban J connectivity index is 1.89. The molecule has 2 rings (SSSR count). The van der Waals surface area contributed by atoms with Gasteiger partial charge >= 0.3 is 6.09 Å². The van der Waals surface area contributed by atoms with E-state index in [4.69, 9.17) is 4.74 Å². The smallest absolute Gasteiger partial charge is 0.410 e. The molecule has 1 aromatic rings. The summed E-state index contributed by atoms with van der Waals surface area (Å²) in [5, 5.41) is 0. The second-order valence-electron chi connectivity index (χ2n) is 6.68. The molecule has 1 heterocycles. The molecule has 0 aromatic heterocycles. The zero-order valence-electron chi connectivity index (χ0n) is 13.0. The predicted molar refractivity (Wildman–Crippen MR) is 81.0 cm³/mol. The fraction of sp³-hybridized carbons (Fsp3) is 0.588. The van der Waals surface area contributed by atoms with Gasteiger partial charge in [0.2, 0.25) is 0 Å². The summed E-state index contributed by atoms with van der Waals surface area (Å²) in [6.07, 6.45) is -0.00536. The number of carbonyl (C=O) groups is 1. The van der Waals surface area contributed by atoms with E-state index in [9.17, 15) is 9.18 Å². The van der Waals surface area contributed by atoms with Gasteiger partial charge in [0.05, 0.1) is 6.54 Å². The number of amides is 1. The highest BCUT2D eigenvalue weighted by atomic mass is 19.1. The molecular weight excluding hydrogens is 269 g/mol. The van der Waals surface area contributed by atoms with Crippen molar-refractivity contribution in [3.8, 4) is 0 Å². The second-order valence-corrected chi connectivity index (χ2v) is 6.68. The normalized spacial score (nSPS) is 23.0. The molecule has 1 aliphatic rings. The minimum Gasteiger partial charge on any atom is -0.444 e. The summed E-state index contributed by atoms with van der Waals surface area (Å²) in [4.78, 5) is 13.4. The Kier molecular flexibility index (Phi) is 4.86. The first kappa shape index (κ1) is 15.8. The van der Waals surface area contributed by atoms with Gasteiger partial charge in [0.1, 0.15) is 11.8 Å². The number of nitrogens with zero attached hydrogens (tertiary/aromatic N) is 1. The number of hydrogen-bond donors (Lipinski definition) is 0. The zero-order chi connectivity index (χ0) is 15.5. The van der Waals surface area contributed by atoms with Gasteiger partial charge in [-0.1, -0.05) is 30.3 Å². The quantitative estimate of drug-likeness (QED) is 0.829. The fourth-order valence-corrected chi connectivity index (χ4v) is 2.59. The number of alkyl halides is 1. The predicted octanol–water partition coefficient (Wildman–Crippen LogP) is 3.82. The van der Waals surface area contributed by atoms with Crippen molar-refractivity contribution >= 4 is 6.09 Å². The summed E-state index contributed by atoms with van der Waals surface area (Å²) in [5.74, 6) is -0.0221. The van der Waals surface area contributed by atoms with Crippen LogP contribution in [0.25, 0.3) is 0 Å². The summed E-state index contributed by atoms with van der Waals surface area (Å²) < 4.78 is 19.6. The number of likely N-dealkylation sites (tertiary alicyclic amines) is 1. The summed E-state index contributed by atoms with van der Waals surface area (Å²) in [5.41, 5.74) is 0.611. The fourth-order valence-electron chi connectivity index (χ4n) is 2.59. The molecule has 0 saturated carbocycles. The van der Waals surface area contributed by atoms with Gasteiger partial charge in [0, 0.05) is 6.54 Å². The first-order valence-electron chi connectivity index (χ1n) is 7.51. The van der Waals surface area contributed by atoms with Gasteiger partial charge in [0.25, 0.3) is 0 Å². The molecule has 1 amide bonds. The Hall–Kier alpha value is -1.58. The van der Waals surface area contributed by atoms with Crippen molar-refractivity contribution < 1.29 is 13.9 Å². The number of ether oxygens (including phenoxy) is 1. The minimum atomic E-state index is -0.994. The molecule has 0 aliphatic carbocycles. The summed E-state index contributed by atoms with van der Waals surface area (Å²) in [6.45, 7) is 6.15. The van der Waals surface area contributed by atoms with Crippen molar-refractivity contribution in [3.63, 3.8) is 0 Å². The van der Waals surface area contributed by atoms with E-state index < -0.39 is 17.9 Å². The molecule has 0 bridgehead atoms. The van der Waals surface area contributed by atoms with Crippen molar-refractivity contribution in [1.29, 1.82) is 0 Å². The molecule has 0 radical (unpaired) electrons. The van der Waals surface area contributed by atoms with Gasteiger partial charge < -0.3 is 9.64 Å². The minimum absolute atomic E-state index is 0.0221. The Morgan fingerprint density at radius 1 is 1.33 bits per heavy atom. The molecule has 1 fully saturated rings. The molecule has 0 spiro atoms. The molecule has 1 aromatic carbocycles. The molecular formula is C17H24FNO2. The van der Waals surface area contributed by atoms with Crippen LogP contribution in [-0.4, -0.2) is 35.9 Å². The van der Waals surface area contributed by atoms with E-state index in [1.165, 1.54) is 4.90 Å². The molecule has 116 valence electrons. The van der Waals surface area contributed by atoms with E-state index in [-0.39, 0.29) is 12.5 Å². The van der Waals surface area contributed by atoms with Crippen LogP contribution in [0.2, 0.25) is 0 Å². The lowest BCUT2D eigenvalue weighted by atomic mass is 9.89. The monoisotopic (exact) mass is 293 g/mol. The van der Waals surface area contributed by atoms with Gasteiger partial charge in [-0.15, -0.1) is 0 Å². The van der Waals surface area contributed by atoms with E-state index in [1.54, 1.807) is 0 Å². The summed E-state index contributed by atoms with van der Waals surface area (Å²) >= 11 is 0. The first-order chi connectivity index (χ1) is 9.85. The molecule has 4 heteroatoms. The average Bonchev–Trinajstić information content (AvgIpc) is 2.40. The van der Waals surface area contributed by atoms with E-state index in [1.807, 2.05) is 51.1 Å². The molecule has 0 N–H and O–H groups in total. The third kappa shape index (κ3) is 4.73. The van der Waals surface area contributed by atoms with Crippen LogP contribution < -0.4 is 0 Å². The summed E-state index contributed by atoms with van der Waals surface area (Å²) in [7, 11) is 0. The van der Waals surface area contributed by atoms with Crippen molar-refractivity contribution in [2.24, 2.45) is 5.92 Å². The zero-order valence-corrected chi connectivity index (χ0v) is 13.0. The Morgan fingerprint density at radius 3 is 2.57 bits per heavy atom. The van der Waals surface area contributed by atoms with Gasteiger partial charge in [-0.25, -0.2) is 9.18 Å². The van der Waals surface area contributed by atoms with Gasteiger partial charge in [-0.3, -0.25) is 0 Å². The van der Waals surface area contributed by atoms with Crippen molar-refractivity contribution in [2.45, 2.75) is 45.4 Å². The van der Waals surface area contributed by atoms with Crippen molar-refractivity contribution in [2.75, 3.05) is 13.1 Å². The third-order valence-electron chi connectivity index (χ3n) is 3.67. The van der Waals surface area contributed by atoms with Crippen LogP contribution in [0.3, 0.4) is 0 Å². The number of hydrogen-bond acceptors (Lipinski definition) is 2. The maximum absolute atomic E-state index is 14.3. The van der Waals surface area contributed by atoms with Crippen LogP contribution in [0.15, 0.2) is 30.3 Å². The number of halogens is 1. The number of piperidine rings is 1. The Morgan fingerprint density at radius 2 is 2.00 bits per heavy atom. The SMILES string of the molecule is CC(C)(C)OC(=O)N1CC[C@@H](Cc2ccccc2)[C@@H](F)C1. The Bertz CT molecular complexity index is 469. The van der Waals surface area contributed by atoms with Crippen LogP contribution in [-0.2, 0) is 11.2 Å². The molecule has 2 atom stereocenters. The van der Waals surface area contributed by atoms with Crippen molar-refractivity contribution in [3.05, 3.63) is 35.9 Å². The van der Waals surface area contributed by atoms with Gasteiger partial charge in [0.15, 0.2) is 0 Å². The topological polar surface area (TPSA) is 29.5 Å². The highest BCUT2D eigenvalue weighted by Gasteiger charge is 2.33. The Labute approximate surface area is 126 Å². The first-order valence-corrected chi connectivity index (χ1v) is 7.51. The van der Waals surface area contributed by atoms with Crippen molar-refractivity contribution in [1.82, 2.24) is 4.90 Å². The van der Waals surface area contributed by atoms with E-state index >= 15 is 0 Å². The maximum Gasteiger partial charge on any atom is 0.410 e. The van der Waals surface area contributed by atoms with E-state index in [0.717, 1.165) is 12.0 Å². The van der Waals surface area contributed by atoms with E-state index in [0.29, 0.717) is 13.0 Å². The maximum atomic E-state index is 14.3.